The van der Waals surface area contributed by atoms with Gasteiger partial charge in [-0.05, 0) is 31.7 Å². The second-order valence-corrected chi connectivity index (χ2v) is 3.20. The molecule has 1 aromatic heterocycles. The van der Waals surface area contributed by atoms with Gasteiger partial charge in [-0.3, -0.25) is 15.1 Å². The topological polar surface area (TPSA) is 68.6 Å². The van der Waals surface area contributed by atoms with Gasteiger partial charge in [0.05, 0.1) is 12.3 Å². The van der Waals surface area contributed by atoms with E-state index < -0.39 is 4.92 Å². The smallest absolute Gasteiger partial charge is 0.400 e. The molecule has 0 aliphatic heterocycles. The molecular formula is C11H9N2O3. The number of nitro groups is 1. The van der Waals surface area contributed by atoms with Gasteiger partial charge in [0.25, 0.3) is 0 Å². The van der Waals surface area contributed by atoms with E-state index in [-0.39, 0.29) is 5.88 Å². The molecule has 5 heteroatoms. The van der Waals surface area contributed by atoms with Gasteiger partial charge in [0.2, 0.25) is 0 Å². The van der Waals surface area contributed by atoms with Crippen molar-refractivity contribution in [1.82, 2.24) is 0 Å². The van der Waals surface area contributed by atoms with Crippen LogP contribution < -0.4 is 0 Å². The first-order chi connectivity index (χ1) is 7.75. The molecule has 0 amide bonds. The first kappa shape index (κ1) is 10.9. The highest BCUT2D eigenvalue weighted by Gasteiger charge is 2.15. The number of nitrogens with zero attached hydrogens (tertiary/aromatic N) is 2. The Hall–Kier alpha value is -1.65. The molecule has 0 unspecified atom stereocenters. The summed E-state index contributed by atoms with van der Waals surface area (Å²) in [7, 11) is 0. The van der Waals surface area contributed by atoms with Gasteiger partial charge in [0.15, 0.2) is 5.76 Å². The van der Waals surface area contributed by atoms with E-state index in [2.05, 4.69) is 4.99 Å². The van der Waals surface area contributed by atoms with Gasteiger partial charge in [-0.2, -0.15) is 0 Å². The molecule has 1 fully saturated rings. The fourth-order valence-electron chi connectivity index (χ4n) is 1.27. The van der Waals surface area contributed by atoms with Crippen molar-refractivity contribution in [3.63, 3.8) is 0 Å². The van der Waals surface area contributed by atoms with E-state index in [4.69, 9.17) is 4.42 Å². The van der Waals surface area contributed by atoms with Gasteiger partial charge < -0.3 is 4.42 Å². The maximum absolute atomic E-state index is 10.3. The minimum atomic E-state index is -0.575. The van der Waals surface area contributed by atoms with Crippen molar-refractivity contribution in [2.45, 2.75) is 0 Å². The van der Waals surface area contributed by atoms with Gasteiger partial charge in [0, 0.05) is 12.5 Å². The van der Waals surface area contributed by atoms with Crippen LogP contribution in [0.15, 0.2) is 21.5 Å². The molecule has 81 valence electrons. The summed E-state index contributed by atoms with van der Waals surface area (Å²) in [6.45, 7) is 0.543. The Bertz CT molecular complexity index is 392. The van der Waals surface area contributed by atoms with Crippen molar-refractivity contribution >= 4 is 12.1 Å². The molecule has 0 bridgehead atoms. The third-order valence-corrected chi connectivity index (χ3v) is 2.02. The summed E-state index contributed by atoms with van der Waals surface area (Å²) >= 11 is 0. The highest BCUT2D eigenvalue weighted by molar-refractivity contribution is 5.76. The predicted molar refractivity (Wildman–Crippen MR) is 58.3 cm³/mol. The molecule has 2 rings (SSSR count). The lowest BCUT2D eigenvalue weighted by Crippen LogP contribution is -1.96. The first-order valence-corrected chi connectivity index (χ1v) is 4.70. The zero-order valence-electron chi connectivity index (χ0n) is 8.37. The molecule has 5 radical (unpaired) electrons. The second kappa shape index (κ2) is 4.92. The Kier molecular flexibility index (Phi) is 3.34. The molecule has 5 nitrogen and oxygen atoms in total. The van der Waals surface area contributed by atoms with E-state index in [0.29, 0.717) is 12.3 Å². The van der Waals surface area contributed by atoms with Crippen molar-refractivity contribution in [3.05, 3.63) is 59.6 Å². The standard InChI is InChI=1S/C11H9N2O3/c14-13(15)11-6-5-10(16-11)8-12-7-9-3-1-2-4-9/h1-6,8H,7H2. The van der Waals surface area contributed by atoms with Gasteiger partial charge in [-0.15, -0.1) is 0 Å². The van der Waals surface area contributed by atoms with E-state index >= 15 is 0 Å². The lowest BCUT2D eigenvalue weighted by molar-refractivity contribution is -0.402. The lowest BCUT2D eigenvalue weighted by atomic mass is 10.1. The summed E-state index contributed by atoms with van der Waals surface area (Å²) in [5.74, 6) is 1.21. The van der Waals surface area contributed by atoms with Gasteiger partial charge in [0.1, 0.15) is 4.92 Å². The minimum absolute atomic E-state index is 0.269. The quantitative estimate of drug-likeness (QED) is 0.440. The van der Waals surface area contributed by atoms with E-state index in [0.717, 1.165) is 5.92 Å². The largest absolute Gasteiger partial charge is 0.433 e. The average Bonchev–Trinajstić information content (AvgIpc) is 2.87. The molecule has 0 aromatic carbocycles. The Balaban J connectivity index is 1.87. The molecule has 1 heterocycles. The van der Waals surface area contributed by atoms with Crippen molar-refractivity contribution in [2.75, 3.05) is 6.54 Å². The summed E-state index contributed by atoms with van der Waals surface area (Å²) in [5.41, 5.74) is 0. The molecule has 1 aliphatic rings. The fourth-order valence-corrected chi connectivity index (χ4v) is 1.27. The van der Waals surface area contributed by atoms with Crippen molar-refractivity contribution in [1.29, 1.82) is 0 Å². The number of furan rings is 1. The third kappa shape index (κ3) is 2.68. The molecule has 16 heavy (non-hydrogen) atoms. The van der Waals surface area contributed by atoms with Crippen LogP contribution in [0.5, 0.6) is 0 Å². The van der Waals surface area contributed by atoms with Crippen molar-refractivity contribution in [3.8, 4) is 0 Å². The summed E-state index contributed by atoms with van der Waals surface area (Å²) < 4.78 is 4.92. The maximum atomic E-state index is 10.3. The summed E-state index contributed by atoms with van der Waals surface area (Å²) in [6.07, 6.45) is 9.27. The zero-order chi connectivity index (χ0) is 11.4. The molecule has 0 atom stereocenters. The van der Waals surface area contributed by atoms with Crippen molar-refractivity contribution in [2.24, 2.45) is 4.99 Å². The Labute approximate surface area is 93.3 Å². The minimum Gasteiger partial charge on any atom is -0.400 e. The van der Waals surface area contributed by atoms with E-state index in [9.17, 15) is 10.1 Å². The average molecular weight is 217 g/mol. The SMILES string of the molecule is O=[N+]([O-])c1ccc(C=NC[C]2[CH][CH][CH][CH]2)o1. The molecule has 0 spiro atoms. The fraction of sp³-hybridized carbons (Fsp3) is 0.0909. The van der Waals surface area contributed by atoms with Gasteiger partial charge in [-0.25, -0.2) is 0 Å². The third-order valence-electron chi connectivity index (χ3n) is 2.02. The van der Waals surface area contributed by atoms with E-state index in [1.807, 2.05) is 25.7 Å². The highest BCUT2D eigenvalue weighted by Crippen LogP contribution is 2.22. The van der Waals surface area contributed by atoms with Crippen LogP contribution in [-0.2, 0) is 0 Å². The molecule has 0 saturated heterocycles. The molecule has 1 aliphatic carbocycles. The van der Waals surface area contributed by atoms with Crippen LogP contribution in [0.25, 0.3) is 0 Å². The van der Waals surface area contributed by atoms with Gasteiger partial charge in [-0.1, -0.05) is 0 Å². The number of aliphatic imine (C=N–C) groups is 1. The van der Waals surface area contributed by atoms with Crippen LogP contribution in [0.1, 0.15) is 5.76 Å². The van der Waals surface area contributed by atoms with Crippen LogP contribution in [-0.4, -0.2) is 17.7 Å². The van der Waals surface area contributed by atoms with Crippen LogP contribution in [0.3, 0.4) is 0 Å². The maximum Gasteiger partial charge on any atom is 0.433 e. The molecule has 1 aromatic rings. The Morgan fingerprint density at radius 2 is 2.12 bits per heavy atom. The molecule has 0 N–H and O–H groups in total. The number of hydrogen-bond acceptors (Lipinski definition) is 4. The second-order valence-electron chi connectivity index (χ2n) is 3.20. The van der Waals surface area contributed by atoms with Crippen LogP contribution in [0, 0.1) is 41.7 Å². The summed E-state index contributed by atoms with van der Waals surface area (Å²) in [4.78, 5) is 13.9. The normalized spacial score (nSPS) is 17.2. The molecule has 1 saturated carbocycles. The van der Waals surface area contributed by atoms with Crippen LogP contribution >= 0.6 is 0 Å². The first-order valence-electron chi connectivity index (χ1n) is 4.70. The Morgan fingerprint density at radius 3 is 2.75 bits per heavy atom. The van der Waals surface area contributed by atoms with Crippen LogP contribution in [0.4, 0.5) is 5.88 Å². The Morgan fingerprint density at radius 1 is 1.38 bits per heavy atom. The summed E-state index contributed by atoms with van der Waals surface area (Å²) in [6, 6.07) is 2.83. The number of hydrogen-bond donors (Lipinski definition) is 0. The predicted octanol–water partition coefficient (Wildman–Crippen LogP) is 2.01. The van der Waals surface area contributed by atoms with Gasteiger partial charge >= 0.3 is 5.88 Å². The van der Waals surface area contributed by atoms with Crippen molar-refractivity contribution < 1.29 is 9.34 Å². The monoisotopic (exact) mass is 217 g/mol. The van der Waals surface area contributed by atoms with Crippen LogP contribution in [0.2, 0.25) is 0 Å². The highest BCUT2D eigenvalue weighted by atomic mass is 16.6. The molecular weight excluding hydrogens is 208 g/mol. The number of rotatable bonds is 4. The van der Waals surface area contributed by atoms with E-state index in [1.165, 1.54) is 18.3 Å². The summed E-state index contributed by atoms with van der Waals surface area (Å²) in [5, 5.41) is 10.3. The zero-order valence-corrected chi connectivity index (χ0v) is 8.37. The lowest BCUT2D eigenvalue weighted by Gasteiger charge is -2.00. The van der Waals surface area contributed by atoms with E-state index in [1.54, 1.807) is 0 Å².